The highest BCUT2D eigenvalue weighted by atomic mass is 32.2. The van der Waals surface area contributed by atoms with E-state index in [1.54, 1.807) is 18.2 Å². The fourth-order valence-electron chi connectivity index (χ4n) is 1.82. The zero-order valence-electron chi connectivity index (χ0n) is 12.4. The number of nitrogens with one attached hydrogen (secondary N) is 1. The zero-order chi connectivity index (χ0) is 16.8. The molecule has 0 aliphatic heterocycles. The smallest absolute Gasteiger partial charge is 0.290 e. The summed E-state index contributed by atoms with van der Waals surface area (Å²) in [7, 11) is 2.97. The van der Waals surface area contributed by atoms with Crippen molar-refractivity contribution in [3.05, 3.63) is 42.1 Å². The number of halogens is 2. The number of methoxy groups -OCH3 is 2. The summed E-state index contributed by atoms with van der Waals surface area (Å²) in [5.41, 5.74) is 0.489. The Morgan fingerprint density at radius 2 is 1.87 bits per heavy atom. The molecule has 0 radical (unpaired) electrons. The molecule has 122 valence electrons. The van der Waals surface area contributed by atoms with Gasteiger partial charge in [-0.25, -0.2) is 4.98 Å². The van der Waals surface area contributed by atoms with Crippen LogP contribution in [0.5, 0.6) is 11.5 Å². The minimum absolute atomic E-state index is 0.0325. The lowest BCUT2D eigenvalue weighted by atomic mass is 10.2. The van der Waals surface area contributed by atoms with Crippen molar-refractivity contribution in [2.24, 2.45) is 0 Å². The molecule has 5 nitrogen and oxygen atoms in total. The predicted molar refractivity (Wildman–Crippen MR) is 83.6 cm³/mol. The Bertz CT molecular complexity index is 676. The highest BCUT2D eigenvalue weighted by molar-refractivity contribution is 7.99. The van der Waals surface area contributed by atoms with Gasteiger partial charge in [0.25, 0.3) is 11.7 Å². The van der Waals surface area contributed by atoms with Crippen LogP contribution in [-0.2, 0) is 0 Å². The first kappa shape index (κ1) is 17.0. The topological polar surface area (TPSA) is 60.5 Å². The van der Waals surface area contributed by atoms with Crippen LogP contribution in [-0.4, -0.2) is 30.9 Å². The minimum atomic E-state index is -2.66. The molecular weight excluding hydrogens is 326 g/mol. The number of benzene rings is 1. The van der Waals surface area contributed by atoms with Crippen LogP contribution in [0.2, 0.25) is 0 Å². The van der Waals surface area contributed by atoms with Gasteiger partial charge < -0.3 is 14.8 Å². The lowest BCUT2D eigenvalue weighted by molar-refractivity contribution is 0.102. The van der Waals surface area contributed by atoms with Crippen molar-refractivity contribution < 1.29 is 23.0 Å². The number of nitrogens with zero attached hydrogens (tertiary/aromatic N) is 1. The number of alkyl halides is 2. The second-order valence-electron chi connectivity index (χ2n) is 4.29. The summed E-state index contributed by atoms with van der Waals surface area (Å²) in [6.45, 7) is 0. The van der Waals surface area contributed by atoms with Crippen LogP contribution in [0.3, 0.4) is 0 Å². The van der Waals surface area contributed by atoms with E-state index in [1.807, 2.05) is 0 Å². The molecule has 0 bridgehead atoms. The van der Waals surface area contributed by atoms with Crippen LogP contribution in [0.25, 0.3) is 0 Å². The zero-order valence-corrected chi connectivity index (χ0v) is 13.2. The summed E-state index contributed by atoms with van der Waals surface area (Å²) in [5.74, 6) is -2.22. The third kappa shape index (κ3) is 4.56. The molecule has 8 heteroatoms. The van der Waals surface area contributed by atoms with Crippen molar-refractivity contribution in [1.29, 1.82) is 0 Å². The fourth-order valence-corrected chi connectivity index (χ4v) is 2.40. The molecule has 1 aromatic carbocycles. The van der Waals surface area contributed by atoms with Crippen molar-refractivity contribution in [3.8, 4) is 11.5 Å². The van der Waals surface area contributed by atoms with Crippen molar-refractivity contribution in [1.82, 2.24) is 4.98 Å². The van der Waals surface area contributed by atoms with E-state index in [0.717, 1.165) is 0 Å². The Kier molecular flexibility index (Phi) is 5.75. The van der Waals surface area contributed by atoms with Gasteiger partial charge in [-0.2, -0.15) is 8.78 Å². The van der Waals surface area contributed by atoms with Crippen molar-refractivity contribution in [2.45, 2.75) is 10.8 Å². The van der Waals surface area contributed by atoms with Crippen LogP contribution in [0, 0.1) is 0 Å². The summed E-state index contributed by atoms with van der Waals surface area (Å²) in [6, 6.07) is 7.78. The van der Waals surface area contributed by atoms with Gasteiger partial charge in [0.2, 0.25) is 0 Å². The second kappa shape index (κ2) is 7.77. The van der Waals surface area contributed by atoms with Gasteiger partial charge in [0.1, 0.15) is 16.5 Å². The van der Waals surface area contributed by atoms with Gasteiger partial charge in [0, 0.05) is 30.1 Å². The van der Waals surface area contributed by atoms with Crippen molar-refractivity contribution >= 4 is 23.4 Å². The SMILES string of the molecule is COc1cc(NC(=O)c2cccnc2SC(F)F)cc(OC)c1. The van der Waals surface area contributed by atoms with E-state index in [1.165, 1.54) is 32.5 Å². The molecule has 1 amide bonds. The Balaban J connectivity index is 2.26. The van der Waals surface area contributed by atoms with E-state index in [0.29, 0.717) is 17.2 Å². The summed E-state index contributed by atoms with van der Waals surface area (Å²) >= 11 is 0.225. The largest absolute Gasteiger partial charge is 0.497 e. The maximum atomic E-state index is 12.5. The third-order valence-electron chi connectivity index (χ3n) is 2.83. The minimum Gasteiger partial charge on any atom is -0.497 e. The highest BCUT2D eigenvalue weighted by Crippen LogP contribution is 2.29. The number of anilines is 1. The summed E-state index contributed by atoms with van der Waals surface area (Å²) in [4.78, 5) is 16.1. The quantitative estimate of drug-likeness (QED) is 0.813. The average Bonchev–Trinajstić information content (AvgIpc) is 2.54. The van der Waals surface area contributed by atoms with Crippen LogP contribution in [0.1, 0.15) is 10.4 Å². The number of hydrogen-bond acceptors (Lipinski definition) is 5. The van der Waals surface area contributed by atoms with Gasteiger partial charge in [-0.05, 0) is 23.9 Å². The van der Waals surface area contributed by atoms with E-state index >= 15 is 0 Å². The number of carbonyl (C=O) groups is 1. The number of ether oxygens (including phenoxy) is 2. The highest BCUT2D eigenvalue weighted by Gasteiger charge is 2.17. The monoisotopic (exact) mass is 340 g/mol. The molecule has 2 aromatic rings. The molecule has 0 atom stereocenters. The number of pyridine rings is 1. The van der Waals surface area contributed by atoms with Crippen molar-refractivity contribution in [3.63, 3.8) is 0 Å². The maximum Gasteiger partial charge on any atom is 0.290 e. The molecule has 0 unspecified atom stereocenters. The third-order valence-corrected chi connectivity index (χ3v) is 3.55. The fraction of sp³-hybridized carbons (Fsp3) is 0.200. The number of hydrogen-bond donors (Lipinski definition) is 1. The molecule has 0 aliphatic rings. The van der Waals surface area contributed by atoms with Crippen molar-refractivity contribution in [2.75, 3.05) is 19.5 Å². The molecule has 0 saturated heterocycles. The van der Waals surface area contributed by atoms with Crippen LogP contribution < -0.4 is 14.8 Å². The van der Waals surface area contributed by atoms with E-state index in [-0.39, 0.29) is 22.4 Å². The second-order valence-corrected chi connectivity index (χ2v) is 5.27. The van der Waals surface area contributed by atoms with Crippen LogP contribution in [0.15, 0.2) is 41.6 Å². The molecule has 1 heterocycles. The van der Waals surface area contributed by atoms with E-state index in [4.69, 9.17) is 9.47 Å². The number of carbonyl (C=O) groups excluding carboxylic acids is 1. The Hall–Kier alpha value is -2.35. The van der Waals surface area contributed by atoms with E-state index in [2.05, 4.69) is 10.3 Å². The molecular formula is C15H14F2N2O3S. The Morgan fingerprint density at radius 1 is 1.22 bits per heavy atom. The van der Waals surface area contributed by atoms with Gasteiger partial charge in [-0.3, -0.25) is 4.79 Å². The number of thioether (sulfide) groups is 1. The molecule has 23 heavy (non-hydrogen) atoms. The molecule has 1 aromatic heterocycles. The number of amides is 1. The van der Waals surface area contributed by atoms with Gasteiger partial charge in [-0.15, -0.1) is 0 Å². The predicted octanol–water partition coefficient (Wildman–Crippen LogP) is 3.67. The summed E-state index contributed by atoms with van der Waals surface area (Å²) in [5, 5.41) is 2.59. The lowest BCUT2D eigenvalue weighted by Crippen LogP contribution is -2.14. The molecule has 0 spiro atoms. The molecule has 0 saturated carbocycles. The number of aromatic nitrogens is 1. The molecule has 0 aliphatic carbocycles. The molecule has 0 fully saturated rings. The first-order chi connectivity index (χ1) is 11.0. The Labute approximate surface area is 136 Å². The van der Waals surface area contributed by atoms with E-state index in [9.17, 15) is 13.6 Å². The lowest BCUT2D eigenvalue weighted by Gasteiger charge is -2.11. The Morgan fingerprint density at radius 3 is 2.43 bits per heavy atom. The summed E-state index contributed by atoms with van der Waals surface area (Å²) in [6.07, 6.45) is 1.36. The standard InChI is InChI=1S/C15H14F2N2O3S/c1-21-10-6-9(7-11(8-10)22-2)19-13(20)12-4-3-5-18-14(12)23-15(16)17/h3-8,15H,1-2H3,(H,19,20). The normalized spacial score (nSPS) is 10.5. The first-order valence-electron chi connectivity index (χ1n) is 6.47. The molecule has 2 rings (SSSR count). The van der Waals surface area contributed by atoms with Gasteiger partial charge in [-0.1, -0.05) is 0 Å². The van der Waals surface area contributed by atoms with Gasteiger partial charge in [0.05, 0.1) is 19.8 Å². The molecule has 1 N–H and O–H groups in total. The summed E-state index contributed by atoms with van der Waals surface area (Å²) < 4.78 is 35.3. The van der Waals surface area contributed by atoms with E-state index < -0.39 is 11.7 Å². The first-order valence-corrected chi connectivity index (χ1v) is 7.35. The van der Waals surface area contributed by atoms with Gasteiger partial charge >= 0.3 is 0 Å². The van der Waals surface area contributed by atoms with Crippen LogP contribution in [0.4, 0.5) is 14.5 Å². The maximum absolute atomic E-state index is 12.5. The number of rotatable bonds is 6. The van der Waals surface area contributed by atoms with Gasteiger partial charge in [0.15, 0.2) is 0 Å². The average molecular weight is 340 g/mol. The van der Waals surface area contributed by atoms with Crippen LogP contribution >= 0.6 is 11.8 Å².